The molecule has 0 aliphatic heterocycles. The number of hydrogen-bond acceptors (Lipinski definition) is 2. The molecule has 11 rings (SSSR count). The van der Waals surface area contributed by atoms with Crippen molar-refractivity contribution >= 4 is 43.7 Å². The van der Waals surface area contributed by atoms with Crippen molar-refractivity contribution in [1.29, 1.82) is 0 Å². The number of hydrogen-bond donors (Lipinski definition) is 0. The molecule has 0 saturated heterocycles. The topological polar surface area (TPSA) is 35.6 Å². The van der Waals surface area contributed by atoms with Gasteiger partial charge < -0.3 is 9.13 Å². The molecular formula is C52H34N4. The van der Waals surface area contributed by atoms with Crippen LogP contribution in [0.25, 0.3) is 99.9 Å². The van der Waals surface area contributed by atoms with E-state index in [1.54, 1.807) is 0 Å². The average Bonchev–Trinajstić information content (AvgIpc) is 3.79. The first kappa shape index (κ1) is 31.9. The normalized spacial score (nSPS) is 11.6. The predicted octanol–water partition coefficient (Wildman–Crippen LogP) is 13.3. The lowest BCUT2D eigenvalue weighted by Gasteiger charge is -2.13. The maximum absolute atomic E-state index is 5.13. The molecule has 0 radical (unpaired) electrons. The summed E-state index contributed by atoms with van der Waals surface area (Å²) in [7, 11) is 0. The van der Waals surface area contributed by atoms with Crippen molar-refractivity contribution in [3.63, 3.8) is 0 Å². The van der Waals surface area contributed by atoms with Gasteiger partial charge in [0.15, 0.2) is 0 Å². The summed E-state index contributed by atoms with van der Waals surface area (Å²) in [6.07, 6.45) is 1.89. The molecule has 0 saturated carbocycles. The molecule has 4 heterocycles. The number of benzene rings is 7. The third-order valence-corrected chi connectivity index (χ3v) is 10.9. The van der Waals surface area contributed by atoms with Crippen molar-refractivity contribution < 1.29 is 0 Å². The number of para-hydroxylation sites is 2. The van der Waals surface area contributed by atoms with Crippen LogP contribution in [0.15, 0.2) is 206 Å². The van der Waals surface area contributed by atoms with Gasteiger partial charge in [0.25, 0.3) is 0 Å². The maximum atomic E-state index is 5.13. The first-order valence-electron chi connectivity index (χ1n) is 19.0. The van der Waals surface area contributed by atoms with Crippen molar-refractivity contribution in [1.82, 2.24) is 19.1 Å². The van der Waals surface area contributed by atoms with Gasteiger partial charge in [-0.2, -0.15) is 0 Å². The van der Waals surface area contributed by atoms with Crippen molar-refractivity contribution in [2.45, 2.75) is 0 Å². The van der Waals surface area contributed by atoms with E-state index < -0.39 is 0 Å². The summed E-state index contributed by atoms with van der Waals surface area (Å²) in [5.41, 5.74) is 16.4. The van der Waals surface area contributed by atoms with Gasteiger partial charge in [-0.05, 0) is 101 Å². The Hall–Kier alpha value is -7.56. The van der Waals surface area contributed by atoms with E-state index in [-0.39, 0.29) is 0 Å². The lowest BCUT2D eigenvalue weighted by Crippen LogP contribution is -1.96. The summed E-state index contributed by atoms with van der Waals surface area (Å²) in [5.74, 6) is 0. The average molecular weight is 715 g/mol. The maximum Gasteiger partial charge on any atom is 0.0963 e. The van der Waals surface area contributed by atoms with E-state index in [1.165, 1.54) is 27.4 Å². The third-order valence-electron chi connectivity index (χ3n) is 10.9. The lowest BCUT2D eigenvalue weighted by molar-refractivity contribution is 1.18. The molecule has 0 aliphatic rings. The molecule has 0 spiro atoms. The van der Waals surface area contributed by atoms with E-state index in [9.17, 15) is 0 Å². The van der Waals surface area contributed by atoms with Gasteiger partial charge in [0, 0.05) is 44.9 Å². The predicted molar refractivity (Wildman–Crippen MR) is 232 cm³/mol. The molecule has 7 aromatic carbocycles. The highest BCUT2D eigenvalue weighted by molar-refractivity contribution is 6.11. The van der Waals surface area contributed by atoms with Crippen LogP contribution >= 0.6 is 0 Å². The van der Waals surface area contributed by atoms with Crippen LogP contribution in [0.2, 0.25) is 0 Å². The highest BCUT2D eigenvalue weighted by atomic mass is 15.0. The molecule has 0 bridgehead atoms. The zero-order valence-corrected chi connectivity index (χ0v) is 30.4. The van der Waals surface area contributed by atoms with Crippen LogP contribution in [0.1, 0.15) is 0 Å². The first-order valence-corrected chi connectivity index (χ1v) is 19.0. The van der Waals surface area contributed by atoms with Crippen LogP contribution < -0.4 is 0 Å². The molecule has 0 amide bonds. The molecule has 0 aliphatic carbocycles. The van der Waals surface area contributed by atoms with Crippen molar-refractivity contribution in [3.8, 4) is 56.1 Å². The fraction of sp³-hybridized carbons (Fsp3) is 0. The van der Waals surface area contributed by atoms with Gasteiger partial charge in [-0.25, -0.2) is 4.98 Å². The Morgan fingerprint density at radius 2 is 0.875 bits per heavy atom. The second-order valence-electron chi connectivity index (χ2n) is 14.3. The van der Waals surface area contributed by atoms with Crippen LogP contribution in [-0.2, 0) is 0 Å². The lowest BCUT2D eigenvalue weighted by atomic mass is 9.99. The van der Waals surface area contributed by atoms with E-state index in [0.29, 0.717) is 0 Å². The van der Waals surface area contributed by atoms with Crippen LogP contribution in [-0.4, -0.2) is 19.1 Å². The fourth-order valence-electron chi connectivity index (χ4n) is 8.33. The third kappa shape index (κ3) is 5.31. The van der Waals surface area contributed by atoms with Gasteiger partial charge in [-0.3, -0.25) is 4.98 Å². The highest BCUT2D eigenvalue weighted by Gasteiger charge is 2.17. The van der Waals surface area contributed by atoms with Gasteiger partial charge in [-0.1, -0.05) is 121 Å². The van der Waals surface area contributed by atoms with Crippen molar-refractivity contribution in [3.05, 3.63) is 206 Å². The molecule has 0 unspecified atom stereocenters. The Morgan fingerprint density at radius 3 is 1.64 bits per heavy atom. The summed E-state index contributed by atoms with van der Waals surface area (Å²) in [6.45, 7) is 0. The molecule has 4 nitrogen and oxygen atoms in total. The summed E-state index contributed by atoms with van der Waals surface area (Å²) < 4.78 is 4.73. The van der Waals surface area contributed by atoms with Crippen molar-refractivity contribution in [2.24, 2.45) is 0 Å². The molecule has 4 heteroatoms. The summed E-state index contributed by atoms with van der Waals surface area (Å²) >= 11 is 0. The zero-order valence-electron chi connectivity index (χ0n) is 30.4. The van der Waals surface area contributed by atoms with Gasteiger partial charge >= 0.3 is 0 Å². The highest BCUT2D eigenvalue weighted by Crippen LogP contribution is 2.39. The minimum absolute atomic E-state index is 0.946. The Balaban J connectivity index is 1.08. The van der Waals surface area contributed by atoms with E-state index in [4.69, 9.17) is 9.97 Å². The van der Waals surface area contributed by atoms with Crippen molar-refractivity contribution in [2.75, 3.05) is 0 Å². The number of rotatable bonds is 6. The molecule has 11 aromatic rings. The van der Waals surface area contributed by atoms with E-state index in [0.717, 1.165) is 72.5 Å². The smallest absolute Gasteiger partial charge is 0.0963 e. The summed E-state index contributed by atoms with van der Waals surface area (Å²) in [4.78, 5) is 10.0. The minimum Gasteiger partial charge on any atom is -0.309 e. The summed E-state index contributed by atoms with van der Waals surface area (Å²) in [6, 6.07) is 71.3. The van der Waals surface area contributed by atoms with E-state index in [2.05, 4.69) is 191 Å². The Bertz CT molecular complexity index is 3170. The summed E-state index contributed by atoms with van der Waals surface area (Å²) in [5, 5.41) is 3.60. The monoisotopic (exact) mass is 714 g/mol. The molecule has 262 valence electrons. The Morgan fingerprint density at radius 1 is 0.304 bits per heavy atom. The van der Waals surface area contributed by atoms with Gasteiger partial charge in [-0.15, -0.1) is 0 Å². The van der Waals surface area contributed by atoms with Crippen LogP contribution in [0.5, 0.6) is 0 Å². The van der Waals surface area contributed by atoms with Crippen LogP contribution in [0.3, 0.4) is 0 Å². The number of aromatic nitrogens is 4. The number of fused-ring (bicyclic) bond motifs is 6. The minimum atomic E-state index is 0.946. The molecule has 0 atom stereocenters. The van der Waals surface area contributed by atoms with Gasteiger partial charge in [0.1, 0.15) is 0 Å². The second kappa shape index (κ2) is 13.1. The molecule has 0 N–H and O–H groups in total. The van der Waals surface area contributed by atoms with E-state index in [1.807, 2.05) is 24.4 Å². The standard InChI is InChI=1S/C52H34N4/c1-4-14-35(15-5-1)46-32-40(33-47(54-46)36-16-6-2-7-17-36)37-18-12-21-42(30-37)56-50-24-13-29-53-52(50)44-27-25-39(34-51(44)56)38-26-28-49-45(31-38)43-22-10-11-23-48(43)55(49)41-19-8-3-9-20-41/h1-34H. The van der Waals surface area contributed by atoms with Crippen LogP contribution in [0, 0.1) is 0 Å². The molecule has 4 aromatic heterocycles. The number of nitrogens with zero attached hydrogens (tertiary/aromatic N) is 4. The van der Waals surface area contributed by atoms with Gasteiger partial charge in [0.05, 0.1) is 39.0 Å². The number of pyridine rings is 2. The van der Waals surface area contributed by atoms with E-state index >= 15 is 0 Å². The SMILES string of the molecule is c1ccc(-c2cc(-c3cccc(-n4c5cc(-c6ccc7c(c6)c6ccccc6n7-c6ccccc6)ccc5c5ncccc54)c3)cc(-c3ccccc3)n2)cc1. The Kier molecular flexibility index (Phi) is 7.46. The molecule has 0 fully saturated rings. The quantitative estimate of drug-likeness (QED) is 0.172. The largest absolute Gasteiger partial charge is 0.309 e. The molecular weight excluding hydrogens is 681 g/mol. The fourth-order valence-corrected chi connectivity index (χ4v) is 8.33. The van der Waals surface area contributed by atoms with Crippen LogP contribution in [0.4, 0.5) is 0 Å². The first-order chi connectivity index (χ1) is 27.8. The molecule has 56 heavy (non-hydrogen) atoms. The zero-order chi connectivity index (χ0) is 37.0. The second-order valence-corrected chi connectivity index (χ2v) is 14.3. The van der Waals surface area contributed by atoms with Gasteiger partial charge in [0.2, 0.25) is 0 Å². The Labute approximate surface area is 324 Å².